The van der Waals surface area contributed by atoms with Crippen molar-refractivity contribution in [3.05, 3.63) is 34.8 Å². The van der Waals surface area contributed by atoms with Crippen LogP contribution in [0.2, 0.25) is 0 Å². The monoisotopic (exact) mass is 238 g/mol. The van der Waals surface area contributed by atoms with Crippen molar-refractivity contribution in [3.8, 4) is 0 Å². The van der Waals surface area contributed by atoms with Gasteiger partial charge in [0.15, 0.2) is 0 Å². The van der Waals surface area contributed by atoms with E-state index in [0.717, 1.165) is 28.9 Å². The van der Waals surface area contributed by atoms with Gasteiger partial charge in [0.25, 0.3) is 0 Å². The van der Waals surface area contributed by atoms with Crippen LogP contribution in [0.5, 0.6) is 0 Å². The maximum absolute atomic E-state index is 5.95. The van der Waals surface area contributed by atoms with Gasteiger partial charge in [-0.3, -0.25) is 0 Å². The smallest absolute Gasteiger partial charge is 0.0696 e. The molecule has 1 aliphatic heterocycles. The number of rotatable bonds is 1. The Kier molecular flexibility index (Phi) is 2.27. The van der Waals surface area contributed by atoms with E-state index in [9.17, 15) is 0 Å². The summed E-state index contributed by atoms with van der Waals surface area (Å²) in [6, 6.07) is 6.02. The molecule has 0 bridgehead atoms. The topological polar surface area (TPSA) is 29.3 Å². The average Bonchev–Trinajstić information content (AvgIpc) is 2.62. The van der Waals surface area contributed by atoms with Gasteiger partial charge in [0.2, 0.25) is 0 Å². The van der Waals surface area contributed by atoms with Gasteiger partial charge in [-0.1, -0.05) is 18.2 Å². The van der Waals surface area contributed by atoms with E-state index in [0.29, 0.717) is 0 Å². The first-order valence-electron chi connectivity index (χ1n) is 4.23. The Morgan fingerprint density at radius 3 is 2.62 bits per heavy atom. The summed E-state index contributed by atoms with van der Waals surface area (Å²) in [5.74, 6) is 0. The summed E-state index contributed by atoms with van der Waals surface area (Å²) in [5.41, 5.74) is 7.88. The van der Waals surface area contributed by atoms with Crippen molar-refractivity contribution in [1.82, 2.24) is 0 Å². The molecule has 13 heavy (non-hydrogen) atoms. The van der Waals surface area contributed by atoms with E-state index in [2.05, 4.69) is 33.0 Å². The fraction of sp³-hybridized carbons (Fsp3) is 0.200. The first-order valence-corrected chi connectivity index (χ1v) is 5.02. The standard InChI is InChI=1S/C10H11BrN2/c11-8-4-3-5-9(10(8)12)13-6-1-2-7-13/h1-5H,6-7,12H2. The third-order valence-corrected chi connectivity index (χ3v) is 2.88. The predicted molar refractivity (Wildman–Crippen MR) is 59.9 cm³/mol. The van der Waals surface area contributed by atoms with Crippen LogP contribution in [-0.4, -0.2) is 13.1 Å². The summed E-state index contributed by atoms with van der Waals surface area (Å²) in [4.78, 5) is 2.24. The number of hydrogen-bond donors (Lipinski definition) is 1. The van der Waals surface area contributed by atoms with Crippen LogP contribution in [-0.2, 0) is 0 Å². The zero-order valence-electron chi connectivity index (χ0n) is 7.20. The highest BCUT2D eigenvalue weighted by Crippen LogP contribution is 2.30. The van der Waals surface area contributed by atoms with E-state index in [1.165, 1.54) is 0 Å². The van der Waals surface area contributed by atoms with Gasteiger partial charge in [0.1, 0.15) is 0 Å². The van der Waals surface area contributed by atoms with Gasteiger partial charge in [-0.05, 0) is 28.1 Å². The zero-order chi connectivity index (χ0) is 9.26. The molecule has 0 unspecified atom stereocenters. The Hall–Kier alpha value is -0.960. The lowest BCUT2D eigenvalue weighted by Crippen LogP contribution is -2.19. The van der Waals surface area contributed by atoms with E-state index in [4.69, 9.17) is 5.73 Å². The van der Waals surface area contributed by atoms with Crippen LogP contribution < -0.4 is 10.6 Å². The number of benzene rings is 1. The Bertz CT molecular complexity index is 339. The first-order chi connectivity index (χ1) is 6.29. The van der Waals surface area contributed by atoms with Gasteiger partial charge in [-0.25, -0.2) is 0 Å². The van der Waals surface area contributed by atoms with Crippen molar-refractivity contribution in [2.24, 2.45) is 0 Å². The number of nitrogens with two attached hydrogens (primary N) is 1. The Labute approximate surface area is 86.2 Å². The van der Waals surface area contributed by atoms with Crippen LogP contribution in [0.15, 0.2) is 34.8 Å². The van der Waals surface area contributed by atoms with Crippen LogP contribution in [0.25, 0.3) is 0 Å². The highest BCUT2D eigenvalue weighted by molar-refractivity contribution is 9.10. The second kappa shape index (κ2) is 3.42. The molecule has 3 heteroatoms. The lowest BCUT2D eigenvalue weighted by atomic mass is 10.2. The molecule has 1 aromatic rings. The van der Waals surface area contributed by atoms with Gasteiger partial charge in [0, 0.05) is 17.6 Å². The first kappa shape index (κ1) is 8.63. The van der Waals surface area contributed by atoms with E-state index >= 15 is 0 Å². The predicted octanol–water partition coefficient (Wildman–Crippen LogP) is 2.41. The Morgan fingerprint density at radius 1 is 1.23 bits per heavy atom. The molecular formula is C10H11BrN2. The molecule has 0 saturated heterocycles. The summed E-state index contributed by atoms with van der Waals surface area (Å²) < 4.78 is 0.969. The van der Waals surface area contributed by atoms with Gasteiger partial charge in [-0.2, -0.15) is 0 Å². The second-order valence-corrected chi connectivity index (χ2v) is 3.90. The van der Waals surface area contributed by atoms with E-state index < -0.39 is 0 Å². The minimum Gasteiger partial charge on any atom is -0.396 e. The molecule has 2 nitrogen and oxygen atoms in total. The largest absolute Gasteiger partial charge is 0.396 e. The maximum Gasteiger partial charge on any atom is 0.0696 e. The highest BCUT2D eigenvalue weighted by Gasteiger charge is 2.11. The number of nitrogen functional groups attached to an aromatic ring is 1. The summed E-state index contributed by atoms with van der Waals surface area (Å²) in [6.07, 6.45) is 4.31. The minimum atomic E-state index is 0.825. The van der Waals surface area contributed by atoms with E-state index in [1.54, 1.807) is 0 Å². The van der Waals surface area contributed by atoms with Crippen LogP contribution in [0.4, 0.5) is 11.4 Å². The lowest BCUT2D eigenvalue weighted by Gasteiger charge is -2.20. The maximum atomic E-state index is 5.95. The molecule has 0 aromatic heterocycles. The average molecular weight is 239 g/mol. The van der Waals surface area contributed by atoms with Crippen molar-refractivity contribution < 1.29 is 0 Å². The summed E-state index contributed by atoms with van der Waals surface area (Å²) >= 11 is 3.42. The number of nitrogens with zero attached hydrogens (tertiary/aromatic N) is 1. The van der Waals surface area contributed by atoms with Crippen molar-refractivity contribution >= 4 is 27.3 Å². The number of anilines is 2. The molecule has 0 aliphatic carbocycles. The molecule has 1 heterocycles. The van der Waals surface area contributed by atoms with Crippen LogP contribution >= 0.6 is 15.9 Å². The van der Waals surface area contributed by atoms with Crippen LogP contribution in [0.1, 0.15) is 0 Å². The molecule has 1 aliphatic rings. The molecular weight excluding hydrogens is 228 g/mol. The summed E-state index contributed by atoms with van der Waals surface area (Å²) in [5, 5.41) is 0. The molecule has 2 N–H and O–H groups in total. The molecule has 0 saturated carbocycles. The van der Waals surface area contributed by atoms with Crippen molar-refractivity contribution in [3.63, 3.8) is 0 Å². The Balaban J connectivity index is 2.34. The molecule has 1 aromatic carbocycles. The van der Waals surface area contributed by atoms with E-state index in [1.807, 2.05) is 18.2 Å². The fourth-order valence-electron chi connectivity index (χ4n) is 1.48. The van der Waals surface area contributed by atoms with E-state index in [-0.39, 0.29) is 0 Å². The van der Waals surface area contributed by atoms with Crippen molar-refractivity contribution in [1.29, 1.82) is 0 Å². The minimum absolute atomic E-state index is 0.825. The third-order valence-electron chi connectivity index (χ3n) is 2.19. The lowest BCUT2D eigenvalue weighted by molar-refractivity contribution is 1.01. The van der Waals surface area contributed by atoms with Gasteiger partial charge in [-0.15, -0.1) is 0 Å². The van der Waals surface area contributed by atoms with Crippen LogP contribution in [0.3, 0.4) is 0 Å². The molecule has 0 radical (unpaired) electrons. The number of para-hydroxylation sites is 1. The molecule has 0 atom stereocenters. The van der Waals surface area contributed by atoms with Gasteiger partial charge >= 0.3 is 0 Å². The molecule has 68 valence electrons. The van der Waals surface area contributed by atoms with Crippen molar-refractivity contribution in [2.45, 2.75) is 0 Å². The summed E-state index contributed by atoms with van der Waals surface area (Å²) in [6.45, 7) is 1.92. The van der Waals surface area contributed by atoms with Crippen molar-refractivity contribution in [2.75, 3.05) is 23.7 Å². The quantitative estimate of drug-likeness (QED) is 0.602. The SMILES string of the molecule is Nc1c(Br)cccc1N1CC=CC1. The third kappa shape index (κ3) is 1.56. The number of halogens is 1. The Morgan fingerprint density at radius 2 is 1.92 bits per heavy atom. The molecule has 2 rings (SSSR count). The number of hydrogen-bond acceptors (Lipinski definition) is 2. The molecule has 0 amide bonds. The molecule has 0 fully saturated rings. The summed E-state index contributed by atoms with van der Waals surface area (Å²) in [7, 11) is 0. The normalized spacial score (nSPS) is 15.3. The molecule has 0 spiro atoms. The fourth-order valence-corrected chi connectivity index (χ4v) is 1.83. The highest BCUT2D eigenvalue weighted by atomic mass is 79.9. The second-order valence-electron chi connectivity index (χ2n) is 3.05. The van der Waals surface area contributed by atoms with Gasteiger partial charge in [0.05, 0.1) is 11.4 Å². The van der Waals surface area contributed by atoms with Crippen LogP contribution in [0, 0.1) is 0 Å². The van der Waals surface area contributed by atoms with Gasteiger partial charge < -0.3 is 10.6 Å². The zero-order valence-corrected chi connectivity index (χ0v) is 8.79.